The molecule has 1 unspecified atom stereocenters. The van der Waals surface area contributed by atoms with Crippen LogP contribution in [0.2, 0.25) is 0 Å². The number of methoxy groups -OCH3 is 1. The monoisotopic (exact) mass is 159 g/mol. The summed E-state index contributed by atoms with van der Waals surface area (Å²) in [7, 11) is 3.17. The maximum atomic E-state index is 11.0. The Balaban J connectivity index is 2.52. The highest BCUT2D eigenvalue weighted by Crippen LogP contribution is 2.16. The molecule has 1 rings (SSSR count). The zero-order valence-electron chi connectivity index (χ0n) is 6.78. The molecule has 1 N–H and O–H groups in total. The van der Waals surface area contributed by atoms with E-state index in [1.165, 1.54) is 7.11 Å². The van der Waals surface area contributed by atoms with Crippen molar-refractivity contribution >= 4 is 5.97 Å². The summed E-state index contributed by atoms with van der Waals surface area (Å²) in [6.07, 6.45) is 0.104. The summed E-state index contributed by atoms with van der Waals surface area (Å²) in [4.78, 5) is 12.8. The van der Waals surface area contributed by atoms with Crippen molar-refractivity contribution in [2.75, 3.05) is 20.7 Å². The minimum Gasteiger partial charge on any atom is -0.468 e. The third-order valence-corrected chi connectivity index (χ3v) is 2.00. The van der Waals surface area contributed by atoms with Crippen molar-refractivity contribution in [2.45, 2.75) is 18.6 Å². The second kappa shape index (κ2) is 3.19. The van der Waals surface area contributed by atoms with Gasteiger partial charge in [0, 0.05) is 13.0 Å². The van der Waals surface area contributed by atoms with Gasteiger partial charge in [0.2, 0.25) is 0 Å². The van der Waals surface area contributed by atoms with Crippen LogP contribution in [0.25, 0.3) is 0 Å². The Kier molecular flexibility index (Phi) is 2.46. The number of β-amino-alcohol motifs (C(OH)–C–C–N with tert-alkyl or cyclic N) is 1. The highest BCUT2D eigenvalue weighted by atomic mass is 16.5. The van der Waals surface area contributed by atoms with Gasteiger partial charge in [-0.2, -0.15) is 0 Å². The van der Waals surface area contributed by atoms with E-state index in [1.807, 2.05) is 0 Å². The Morgan fingerprint density at radius 1 is 1.73 bits per heavy atom. The molecule has 0 aromatic carbocycles. The number of carbonyl (C=O) groups excluding carboxylic acids is 1. The highest BCUT2D eigenvalue weighted by Gasteiger charge is 2.33. The van der Waals surface area contributed by atoms with Crippen LogP contribution >= 0.6 is 0 Å². The van der Waals surface area contributed by atoms with Crippen LogP contribution in [-0.4, -0.2) is 48.8 Å². The van der Waals surface area contributed by atoms with E-state index in [-0.39, 0.29) is 18.1 Å². The molecule has 2 atom stereocenters. The maximum Gasteiger partial charge on any atom is 0.323 e. The van der Waals surface area contributed by atoms with Crippen LogP contribution in [0, 0.1) is 0 Å². The Morgan fingerprint density at radius 2 is 2.36 bits per heavy atom. The predicted octanol–water partition coefficient (Wildman–Crippen LogP) is -0.776. The van der Waals surface area contributed by atoms with Crippen molar-refractivity contribution in [3.63, 3.8) is 0 Å². The van der Waals surface area contributed by atoms with Crippen molar-refractivity contribution in [2.24, 2.45) is 0 Å². The Labute approximate surface area is 65.8 Å². The molecule has 0 radical (unpaired) electrons. The number of hydrogen-bond acceptors (Lipinski definition) is 4. The molecule has 0 amide bonds. The molecule has 0 spiro atoms. The molecule has 0 aromatic rings. The number of aliphatic hydroxyl groups is 1. The molecule has 1 aliphatic rings. The first kappa shape index (κ1) is 8.49. The summed E-state index contributed by atoms with van der Waals surface area (Å²) in [5.41, 5.74) is 0. The molecule has 4 heteroatoms. The molecule has 64 valence electrons. The van der Waals surface area contributed by atoms with Gasteiger partial charge in [-0.25, -0.2) is 0 Å². The van der Waals surface area contributed by atoms with Gasteiger partial charge in [-0.15, -0.1) is 0 Å². The number of nitrogens with zero attached hydrogens (tertiary/aromatic N) is 1. The molecule has 0 bridgehead atoms. The SMILES string of the molecule is COC(=O)[C@H]1CC(O)CN1C. The van der Waals surface area contributed by atoms with Gasteiger partial charge < -0.3 is 9.84 Å². The van der Waals surface area contributed by atoms with Crippen molar-refractivity contribution in [1.29, 1.82) is 0 Å². The third kappa shape index (κ3) is 1.70. The molecular formula is C7H13NO3. The first-order chi connectivity index (χ1) is 5.15. The first-order valence-corrected chi connectivity index (χ1v) is 3.61. The van der Waals surface area contributed by atoms with Gasteiger partial charge in [0.25, 0.3) is 0 Å². The number of hydrogen-bond donors (Lipinski definition) is 1. The molecule has 0 saturated carbocycles. The molecule has 1 fully saturated rings. The third-order valence-electron chi connectivity index (χ3n) is 2.00. The molecule has 11 heavy (non-hydrogen) atoms. The van der Waals surface area contributed by atoms with Crippen molar-refractivity contribution in [3.05, 3.63) is 0 Å². The largest absolute Gasteiger partial charge is 0.468 e. The topological polar surface area (TPSA) is 49.8 Å². The number of likely N-dealkylation sites (tertiary alicyclic amines) is 1. The predicted molar refractivity (Wildman–Crippen MR) is 39.1 cm³/mol. The van der Waals surface area contributed by atoms with Crippen LogP contribution < -0.4 is 0 Å². The van der Waals surface area contributed by atoms with Crippen LogP contribution in [0.15, 0.2) is 0 Å². The van der Waals surface area contributed by atoms with Crippen molar-refractivity contribution < 1.29 is 14.6 Å². The van der Waals surface area contributed by atoms with Crippen molar-refractivity contribution in [1.82, 2.24) is 4.90 Å². The smallest absolute Gasteiger partial charge is 0.323 e. The number of ether oxygens (including phenoxy) is 1. The van der Waals surface area contributed by atoms with Gasteiger partial charge in [-0.1, -0.05) is 0 Å². The zero-order chi connectivity index (χ0) is 8.43. The lowest BCUT2D eigenvalue weighted by Crippen LogP contribution is -2.33. The number of likely N-dealkylation sites (N-methyl/N-ethyl adjacent to an activating group) is 1. The van der Waals surface area contributed by atoms with Crippen LogP contribution in [0.4, 0.5) is 0 Å². The van der Waals surface area contributed by atoms with E-state index >= 15 is 0 Å². The number of esters is 1. The second-order valence-corrected chi connectivity index (χ2v) is 2.87. The Bertz CT molecular complexity index is 160. The molecule has 0 aromatic heterocycles. The summed E-state index contributed by atoms with van der Waals surface area (Å²) >= 11 is 0. The first-order valence-electron chi connectivity index (χ1n) is 3.61. The molecule has 4 nitrogen and oxygen atoms in total. The van der Waals surface area contributed by atoms with Gasteiger partial charge in [-0.3, -0.25) is 9.69 Å². The summed E-state index contributed by atoms with van der Waals surface area (Å²) in [6.45, 7) is 0.555. The van der Waals surface area contributed by atoms with Gasteiger partial charge in [0.05, 0.1) is 13.2 Å². The van der Waals surface area contributed by atoms with Crippen LogP contribution in [-0.2, 0) is 9.53 Å². The molecule has 1 heterocycles. The minimum atomic E-state index is -0.385. The molecule has 1 saturated heterocycles. The van der Waals surface area contributed by atoms with E-state index in [0.717, 1.165) is 0 Å². The average Bonchev–Trinajstić information content (AvgIpc) is 2.28. The van der Waals surface area contributed by atoms with E-state index in [0.29, 0.717) is 13.0 Å². The van der Waals surface area contributed by atoms with Crippen LogP contribution in [0.3, 0.4) is 0 Å². The summed E-state index contributed by atoms with van der Waals surface area (Å²) in [5, 5.41) is 9.16. The van der Waals surface area contributed by atoms with E-state index in [2.05, 4.69) is 4.74 Å². The maximum absolute atomic E-state index is 11.0. The quantitative estimate of drug-likeness (QED) is 0.510. The Hall–Kier alpha value is -0.610. The second-order valence-electron chi connectivity index (χ2n) is 2.87. The highest BCUT2D eigenvalue weighted by molar-refractivity contribution is 5.76. The fourth-order valence-corrected chi connectivity index (χ4v) is 1.38. The minimum absolute atomic E-state index is 0.255. The van der Waals surface area contributed by atoms with Crippen LogP contribution in [0.1, 0.15) is 6.42 Å². The van der Waals surface area contributed by atoms with E-state index in [1.54, 1.807) is 11.9 Å². The lowest BCUT2D eigenvalue weighted by atomic mass is 10.2. The number of carbonyl (C=O) groups is 1. The van der Waals surface area contributed by atoms with Gasteiger partial charge in [-0.05, 0) is 7.05 Å². The lowest BCUT2D eigenvalue weighted by Gasteiger charge is -2.15. The Morgan fingerprint density at radius 3 is 2.73 bits per heavy atom. The summed E-state index contributed by atoms with van der Waals surface area (Å²) in [6, 6.07) is -0.255. The molecule has 0 aliphatic carbocycles. The van der Waals surface area contributed by atoms with Gasteiger partial charge >= 0.3 is 5.97 Å². The molecular weight excluding hydrogens is 146 g/mol. The van der Waals surface area contributed by atoms with E-state index in [9.17, 15) is 4.79 Å². The average molecular weight is 159 g/mol. The van der Waals surface area contributed by atoms with E-state index < -0.39 is 0 Å². The fourth-order valence-electron chi connectivity index (χ4n) is 1.38. The van der Waals surface area contributed by atoms with E-state index in [4.69, 9.17) is 5.11 Å². The fraction of sp³-hybridized carbons (Fsp3) is 0.857. The zero-order valence-corrected chi connectivity index (χ0v) is 6.78. The molecule has 1 aliphatic heterocycles. The normalized spacial score (nSPS) is 32.3. The lowest BCUT2D eigenvalue weighted by molar-refractivity contribution is -0.145. The summed E-state index contributed by atoms with van der Waals surface area (Å²) in [5.74, 6) is -0.260. The summed E-state index contributed by atoms with van der Waals surface area (Å²) < 4.78 is 4.56. The van der Waals surface area contributed by atoms with Gasteiger partial charge in [0.15, 0.2) is 0 Å². The number of rotatable bonds is 1. The van der Waals surface area contributed by atoms with Gasteiger partial charge in [0.1, 0.15) is 6.04 Å². The number of aliphatic hydroxyl groups excluding tert-OH is 1. The standard InChI is InChI=1S/C7H13NO3/c1-8-4-5(9)3-6(8)7(10)11-2/h5-6,9H,3-4H2,1-2H3/t5?,6-/m1/s1. The van der Waals surface area contributed by atoms with Crippen molar-refractivity contribution in [3.8, 4) is 0 Å². The van der Waals surface area contributed by atoms with Crippen LogP contribution in [0.5, 0.6) is 0 Å².